The van der Waals surface area contributed by atoms with Crippen molar-refractivity contribution in [2.45, 2.75) is 46.6 Å². The van der Waals surface area contributed by atoms with E-state index in [1.165, 1.54) is 25.9 Å². The van der Waals surface area contributed by atoms with Gasteiger partial charge in [-0.2, -0.15) is 0 Å². The minimum atomic E-state index is 0.387. The van der Waals surface area contributed by atoms with Gasteiger partial charge < -0.3 is 9.64 Å². The molecule has 0 aromatic heterocycles. The summed E-state index contributed by atoms with van der Waals surface area (Å²) in [6.07, 6.45) is 3.14. The van der Waals surface area contributed by atoms with E-state index in [9.17, 15) is 0 Å². The molecule has 0 saturated carbocycles. The quantitative estimate of drug-likeness (QED) is 0.670. The molecule has 0 amide bonds. The van der Waals surface area contributed by atoms with E-state index in [4.69, 9.17) is 4.74 Å². The van der Waals surface area contributed by atoms with Gasteiger partial charge in [0.1, 0.15) is 0 Å². The lowest BCUT2D eigenvalue weighted by molar-refractivity contribution is 0.0635. The summed E-state index contributed by atoms with van der Waals surface area (Å²) in [7, 11) is 0. The first kappa shape index (κ1) is 12.9. The molecule has 0 aromatic rings. The SMILES string of the molecule is CC.CC(C)OCCN1CCCC1. The van der Waals surface area contributed by atoms with E-state index in [0.29, 0.717) is 6.10 Å². The molecule has 0 spiro atoms. The van der Waals surface area contributed by atoms with Gasteiger partial charge in [-0.05, 0) is 39.8 Å². The maximum Gasteiger partial charge on any atom is 0.0596 e. The molecule has 1 fully saturated rings. The Kier molecular flexibility index (Phi) is 8.46. The van der Waals surface area contributed by atoms with Crippen LogP contribution in [0.2, 0.25) is 0 Å². The molecule has 1 aliphatic heterocycles. The highest BCUT2D eigenvalue weighted by Crippen LogP contribution is 2.06. The third-order valence-electron chi connectivity index (χ3n) is 2.06. The van der Waals surface area contributed by atoms with Crippen LogP contribution < -0.4 is 0 Å². The zero-order valence-electron chi connectivity index (χ0n) is 9.68. The van der Waals surface area contributed by atoms with Crippen LogP contribution in [0.5, 0.6) is 0 Å². The van der Waals surface area contributed by atoms with Crippen LogP contribution in [-0.4, -0.2) is 37.2 Å². The first-order valence-electron chi connectivity index (χ1n) is 5.63. The standard InChI is InChI=1S/C9H19NO.C2H6/c1-9(2)11-8-7-10-5-3-4-6-10;1-2/h9H,3-8H2,1-2H3;1-2H3. The average Bonchev–Trinajstić information content (AvgIpc) is 2.60. The normalized spacial score (nSPS) is 17.3. The van der Waals surface area contributed by atoms with Crippen molar-refractivity contribution in [3.05, 3.63) is 0 Å². The topological polar surface area (TPSA) is 12.5 Å². The Morgan fingerprint density at radius 2 is 1.69 bits per heavy atom. The van der Waals surface area contributed by atoms with Crippen LogP contribution >= 0.6 is 0 Å². The van der Waals surface area contributed by atoms with E-state index in [-0.39, 0.29) is 0 Å². The van der Waals surface area contributed by atoms with Gasteiger partial charge in [0, 0.05) is 6.54 Å². The largest absolute Gasteiger partial charge is 0.377 e. The van der Waals surface area contributed by atoms with Crippen molar-refractivity contribution in [2.24, 2.45) is 0 Å². The summed E-state index contributed by atoms with van der Waals surface area (Å²) in [5.74, 6) is 0. The molecule has 1 aliphatic rings. The van der Waals surface area contributed by atoms with Crippen molar-refractivity contribution in [1.82, 2.24) is 4.90 Å². The molecule has 0 atom stereocenters. The molecule has 0 radical (unpaired) electrons. The molecule has 0 unspecified atom stereocenters. The highest BCUT2D eigenvalue weighted by Gasteiger charge is 2.10. The second-order valence-corrected chi connectivity index (χ2v) is 3.47. The van der Waals surface area contributed by atoms with Gasteiger partial charge in [0.2, 0.25) is 0 Å². The average molecular weight is 187 g/mol. The summed E-state index contributed by atoms with van der Waals surface area (Å²) in [6.45, 7) is 12.8. The highest BCUT2D eigenvalue weighted by molar-refractivity contribution is 4.65. The molecule has 1 saturated heterocycles. The highest BCUT2D eigenvalue weighted by atomic mass is 16.5. The number of likely N-dealkylation sites (tertiary alicyclic amines) is 1. The molecule has 1 heterocycles. The van der Waals surface area contributed by atoms with E-state index in [2.05, 4.69) is 18.7 Å². The smallest absolute Gasteiger partial charge is 0.0596 e. The molecular formula is C11H25NO. The van der Waals surface area contributed by atoms with Crippen LogP contribution in [0.25, 0.3) is 0 Å². The Morgan fingerprint density at radius 1 is 1.15 bits per heavy atom. The third kappa shape index (κ3) is 7.03. The van der Waals surface area contributed by atoms with Gasteiger partial charge in [0.15, 0.2) is 0 Å². The Labute approximate surface area is 83.3 Å². The summed E-state index contributed by atoms with van der Waals surface area (Å²) in [5, 5.41) is 0. The fraction of sp³-hybridized carbons (Fsp3) is 1.00. The molecule has 0 N–H and O–H groups in total. The minimum absolute atomic E-state index is 0.387. The van der Waals surface area contributed by atoms with Crippen molar-refractivity contribution in [1.29, 1.82) is 0 Å². The molecule has 2 heteroatoms. The van der Waals surface area contributed by atoms with Crippen LogP contribution in [0.4, 0.5) is 0 Å². The fourth-order valence-corrected chi connectivity index (χ4v) is 1.42. The second-order valence-electron chi connectivity index (χ2n) is 3.47. The summed E-state index contributed by atoms with van der Waals surface area (Å²) in [4.78, 5) is 2.47. The van der Waals surface area contributed by atoms with Gasteiger partial charge in [-0.1, -0.05) is 13.8 Å². The van der Waals surface area contributed by atoms with Crippen LogP contribution in [0, 0.1) is 0 Å². The molecule has 2 nitrogen and oxygen atoms in total. The predicted octanol–water partition coefficient (Wildman–Crippen LogP) is 2.53. The number of ether oxygens (including phenoxy) is 1. The lowest BCUT2D eigenvalue weighted by atomic mass is 10.4. The first-order valence-corrected chi connectivity index (χ1v) is 5.63. The maximum atomic E-state index is 5.46. The second kappa shape index (κ2) is 8.52. The number of rotatable bonds is 4. The molecular weight excluding hydrogens is 162 g/mol. The van der Waals surface area contributed by atoms with Crippen LogP contribution in [0.1, 0.15) is 40.5 Å². The van der Waals surface area contributed by atoms with Crippen LogP contribution in [-0.2, 0) is 4.74 Å². The monoisotopic (exact) mass is 187 g/mol. The van der Waals surface area contributed by atoms with Gasteiger partial charge in [-0.25, -0.2) is 0 Å². The predicted molar refractivity (Wildman–Crippen MR) is 58.1 cm³/mol. The van der Waals surface area contributed by atoms with Crippen LogP contribution in [0.3, 0.4) is 0 Å². The van der Waals surface area contributed by atoms with Gasteiger partial charge in [-0.3, -0.25) is 0 Å². The number of nitrogens with zero attached hydrogens (tertiary/aromatic N) is 1. The Bertz CT molecular complexity index is 98.3. The molecule has 1 rings (SSSR count). The van der Waals surface area contributed by atoms with Gasteiger partial charge >= 0.3 is 0 Å². The van der Waals surface area contributed by atoms with Crippen LogP contribution in [0.15, 0.2) is 0 Å². The van der Waals surface area contributed by atoms with E-state index < -0.39 is 0 Å². The van der Waals surface area contributed by atoms with Crippen molar-refractivity contribution in [3.63, 3.8) is 0 Å². The number of hydrogen-bond acceptors (Lipinski definition) is 2. The molecule has 0 bridgehead atoms. The first-order chi connectivity index (χ1) is 6.29. The lowest BCUT2D eigenvalue weighted by Gasteiger charge is -2.15. The van der Waals surface area contributed by atoms with E-state index in [0.717, 1.165) is 13.2 Å². The number of hydrogen-bond donors (Lipinski definition) is 0. The summed E-state index contributed by atoms with van der Waals surface area (Å²) < 4.78 is 5.46. The summed E-state index contributed by atoms with van der Waals surface area (Å²) >= 11 is 0. The Hall–Kier alpha value is -0.0800. The summed E-state index contributed by atoms with van der Waals surface area (Å²) in [5.41, 5.74) is 0. The Morgan fingerprint density at radius 3 is 2.15 bits per heavy atom. The molecule has 0 aliphatic carbocycles. The fourth-order valence-electron chi connectivity index (χ4n) is 1.42. The minimum Gasteiger partial charge on any atom is -0.377 e. The maximum absolute atomic E-state index is 5.46. The van der Waals surface area contributed by atoms with Gasteiger partial charge in [-0.15, -0.1) is 0 Å². The van der Waals surface area contributed by atoms with E-state index >= 15 is 0 Å². The summed E-state index contributed by atoms with van der Waals surface area (Å²) in [6, 6.07) is 0. The zero-order chi connectivity index (χ0) is 10.1. The third-order valence-corrected chi connectivity index (χ3v) is 2.06. The van der Waals surface area contributed by atoms with Gasteiger partial charge in [0.05, 0.1) is 12.7 Å². The van der Waals surface area contributed by atoms with E-state index in [1.807, 2.05) is 13.8 Å². The lowest BCUT2D eigenvalue weighted by Crippen LogP contribution is -2.25. The molecule has 13 heavy (non-hydrogen) atoms. The van der Waals surface area contributed by atoms with Gasteiger partial charge in [0.25, 0.3) is 0 Å². The van der Waals surface area contributed by atoms with Crippen molar-refractivity contribution < 1.29 is 4.74 Å². The van der Waals surface area contributed by atoms with Crippen molar-refractivity contribution in [2.75, 3.05) is 26.2 Å². The van der Waals surface area contributed by atoms with E-state index in [1.54, 1.807) is 0 Å². The van der Waals surface area contributed by atoms with Crippen molar-refractivity contribution >= 4 is 0 Å². The van der Waals surface area contributed by atoms with Crippen molar-refractivity contribution in [3.8, 4) is 0 Å². The zero-order valence-corrected chi connectivity index (χ0v) is 9.68. The molecule has 80 valence electrons. The molecule has 0 aromatic carbocycles. The Balaban J connectivity index is 0.000000671.